The summed E-state index contributed by atoms with van der Waals surface area (Å²) in [6, 6.07) is 0. The first-order chi connectivity index (χ1) is 9.61. The van der Waals surface area contributed by atoms with E-state index in [1.54, 1.807) is 0 Å². The lowest BCUT2D eigenvalue weighted by molar-refractivity contribution is -0.145. The normalized spacial score (nSPS) is 27.1. The van der Waals surface area contributed by atoms with Crippen molar-refractivity contribution in [1.29, 1.82) is 0 Å². The molecule has 3 rings (SSSR count). The topological polar surface area (TPSA) is 95.8 Å². The average molecular weight is 277 g/mol. The highest BCUT2D eigenvalue weighted by Gasteiger charge is 2.60. The largest absolute Gasteiger partial charge is 0.491 e. The molecule has 1 aromatic heterocycles. The molecule has 0 unspecified atom stereocenters. The van der Waals surface area contributed by atoms with Crippen LogP contribution in [0.15, 0.2) is 12.4 Å². The van der Waals surface area contributed by atoms with Crippen molar-refractivity contribution in [2.45, 2.75) is 6.92 Å². The number of esters is 1. The highest BCUT2D eigenvalue weighted by molar-refractivity contribution is 6.58. The Balaban J connectivity index is 1.59. The summed E-state index contributed by atoms with van der Waals surface area (Å²) in [5.41, 5.74) is 0.266. The van der Waals surface area contributed by atoms with Crippen LogP contribution in [-0.4, -0.2) is 52.8 Å². The molecule has 1 aromatic rings. The first-order valence-electron chi connectivity index (χ1n) is 6.71. The van der Waals surface area contributed by atoms with E-state index in [0.29, 0.717) is 24.4 Å². The molecule has 2 N–H and O–H groups in total. The Morgan fingerprint density at radius 3 is 2.50 bits per heavy atom. The van der Waals surface area contributed by atoms with E-state index in [4.69, 9.17) is 14.8 Å². The minimum atomic E-state index is -1.55. The Hall–Kier alpha value is -1.67. The number of rotatable bonds is 4. The molecule has 1 saturated heterocycles. The van der Waals surface area contributed by atoms with Gasteiger partial charge in [0.1, 0.15) is 0 Å². The van der Waals surface area contributed by atoms with Crippen molar-refractivity contribution in [3.63, 3.8) is 0 Å². The Bertz CT molecular complexity index is 498. The third-order valence-electron chi connectivity index (χ3n) is 3.99. The molecular weight excluding hydrogens is 261 g/mol. The second-order valence-electron chi connectivity index (χ2n) is 5.20. The highest BCUT2D eigenvalue weighted by Crippen LogP contribution is 2.52. The van der Waals surface area contributed by atoms with Crippen LogP contribution >= 0.6 is 0 Å². The molecule has 3 atom stereocenters. The second kappa shape index (κ2) is 5.03. The number of anilines is 1. The molecular formula is C12H16BN3O4. The molecule has 2 heterocycles. The lowest BCUT2D eigenvalue weighted by atomic mass is 9.83. The molecule has 106 valence electrons. The minimum absolute atomic E-state index is 0.0322. The molecule has 1 saturated carbocycles. The van der Waals surface area contributed by atoms with Gasteiger partial charge in [0.15, 0.2) is 0 Å². The monoisotopic (exact) mass is 277 g/mol. The number of hydrogen-bond acceptors (Lipinski definition) is 7. The molecule has 2 aliphatic rings. The van der Waals surface area contributed by atoms with Gasteiger partial charge in [-0.25, -0.2) is 9.97 Å². The number of piperidine rings is 1. The number of carbonyl (C=O) groups is 1. The summed E-state index contributed by atoms with van der Waals surface area (Å²) < 4.78 is 5.04. The van der Waals surface area contributed by atoms with Gasteiger partial charge in [0.25, 0.3) is 0 Å². The summed E-state index contributed by atoms with van der Waals surface area (Å²) in [5.74, 6) is 1.16. The zero-order valence-corrected chi connectivity index (χ0v) is 11.1. The summed E-state index contributed by atoms with van der Waals surface area (Å²) in [7, 11) is -1.55. The van der Waals surface area contributed by atoms with Crippen LogP contribution in [0.3, 0.4) is 0 Å². The standard InChI is InChI=1S/C12H16BN3O4/c1-2-20-11(17)10-8-5-16(6-9(8)10)12-14-3-7(4-15-12)13(18)19/h3-4,8-10,18-19H,2,5-6H2,1H3/t8-,9+,10+. The van der Waals surface area contributed by atoms with Gasteiger partial charge >= 0.3 is 13.1 Å². The molecule has 1 aliphatic carbocycles. The first-order valence-corrected chi connectivity index (χ1v) is 6.71. The Morgan fingerprint density at radius 2 is 2.00 bits per heavy atom. The van der Waals surface area contributed by atoms with Crippen LogP contribution in [0.1, 0.15) is 6.92 Å². The van der Waals surface area contributed by atoms with E-state index in [1.807, 2.05) is 11.8 Å². The van der Waals surface area contributed by atoms with Gasteiger partial charge in [-0.3, -0.25) is 4.79 Å². The maximum Gasteiger partial charge on any atom is 0.491 e. The molecule has 0 aromatic carbocycles. The maximum atomic E-state index is 11.7. The van der Waals surface area contributed by atoms with Crippen molar-refractivity contribution in [3.8, 4) is 0 Å². The summed E-state index contributed by atoms with van der Waals surface area (Å²) in [6.07, 6.45) is 2.81. The predicted octanol–water partition coefficient (Wildman–Crippen LogP) is -1.60. The molecule has 0 radical (unpaired) electrons. The molecule has 8 heteroatoms. The molecule has 0 spiro atoms. The van der Waals surface area contributed by atoms with Gasteiger partial charge in [0, 0.05) is 30.9 Å². The molecule has 7 nitrogen and oxygen atoms in total. The van der Waals surface area contributed by atoms with Crippen LogP contribution in [0.5, 0.6) is 0 Å². The number of hydrogen-bond donors (Lipinski definition) is 2. The van der Waals surface area contributed by atoms with Crippen LogP contribution in [0.2, 0.25) is 0 Å². The molecule has 1 aliphatic heterocycles. The van der Waals surface area contributed by atoms with Gasteiger partial charge in [0.05, 0.1) is 12.5 Å². The molecule has 0 bridgehead atoms. The highest BCUT2D eigenvalue weighted by atomic mass is 16.5. The van der Waals surface area contributed by atoms with Crippen LogP contribution in [-0.2, 0) is 9.53 Å². The smallest absolute Gasteiger partial charge is 0.466 e. The van der Waals surface area contributed by atoms with Crippen LogP contribution < -0.4 is 10.4 Å². The van der Waals surface area contributed by atoms with Gasteiger partial charge in [0.2, 0.25) is 5.95 Å². The average Bonchev–Trinajstić information content (AvgIpc) is 2.94. The van der Waals surface area contributed by atoms with Crippen LogP contribution in [0.25, 0.3) is 0 Å². The van der Waals surface area contributed by atoms with Gasteiger partial charge in [-0.1, -0.05) is 0 Å². The third kappa shape index (κ3) is 2.25. The zero-order chi connectivity index (χ0) is 14.3. The number of fused-ring (bicyclic) bond motifs is 1. The van der Waals surface area contributed by atoms with Gasteiger partial charge in [-0.05, 0) is 18.8 Å². The number of nitrogens with zero attached hydrogens (tertiary/aromatic N) is 3. The van der Waals surface area contributed by atoms with Crippen LogP contribution in [0, 0.1) is 17.8 Å². The fraction of sp³-hybridized carbons (Fsp3) is 0.583. The van der Waals surface area contributed by atoms with Crippen molar-refractivity contribution >= 4 is 24.5 Å². The minimum Gasteiger partial charge on any atom is -0.466 e. The number of carbonyl (C=O) groups excluding carboxylic acids is 1. The van der Waals surface area contributed by atoms with Crippen molar-refractivity contribution in [2.24, 2.45) is 17.8 Å². The Labute approximate surface area is 116 Å². The van der Waals surface area contributed by atoms with E-state index in [9.17, 15) is 4.79 Å². The Kier molecular flexibility index (Phi) is 3.35. The first kappa shape index (κ1) is 13.3. The van der Waals surface area contributed by atoms with Gasteiger partial charge in [-0.15, -0.1) is 0 Å². The fourth-order valence-corrected chi connectivity index (χ4v) is 2.91. The SMILES string of the molecule is CCOC(=O)[C@H]1[C@@H]2CN(c3ncc(B(O)O)cn3)C[C@@H]21. The van der Waals surface area contributed by atoms with Crippen molar-refractivity contribution in [2.75, 3.05) is 24.6 Å². The molecule has 2 fully saturated rings. The predicted molar refractivity (Wildman–Crippen MR) is 71.2 cm³/mol. The zero-order valence-electron chi connectivity index (χ0n) is 11.1. The Morgan fingerprint density at radius 1 is 1.40 bits per heavy atom. The van der Waals surface area contributed by atoms with E-state index in [1.165, 1.54) is 12.4 Å². The van der Waals surface area contributed by atoms with E-state index in [2.05, 4.69) is 9.97 Å². The molecule has 20 heavy (non-hydrogen) atoms. The van der Waals surface area contributed by atoms with Crippen molar-refractivity contribution in [3.05, 3.63) is 12.4 Å². The summed E-state index contributed by atoms with van der Waals surface area (Å²) in [4.78, 5) is 21.9. The quantitative estimate of drug-likeness (QED) is 0.505. The van der Waals surface area contributed by atoms with E-state index >= 15 is 0 Å². The summed E-state index contributed by atoms with van der Waals surface area (Å²) >= 11 is 0. The number of ether oxygens (including phenoxy) is 1. The molecule has 0 amide bonds. The number of aromatic nitrogens is 2. The van der Waals surface area contributed by atoms with Gasteiger partial charge in [-0.2, -0.15) is 0 Å². The van der Waals surface area contributed by atoms with E-state index in [-0.39, 0.29) is 17.4 Å². The summed E-state index contributed by atoms with van der Waals surface area (Å²) in [6.45, 7) is 3.73. The van der Waals surface area contributed by atoms with Crippen LogP contribution in [0.4, 0.5) is 5.95 Å². The lowest BCUT2D eigenvalue weighted by Crippen LogP contribution is -2.33. The van der Waals surface area contributed by atoms with E-state index < -0.39 is 7.12 Å². The third-order valence-corrected chi connectivity index (χ3v) is 3.99. The lowest BCUT2D eigenvalue weighted by Gasteiger charge is -2.19. The van der Waals surface area contributed by atoms with Gasteiger partial charge < -0.3 is 19.7 Å². The maximum absolute atomic E-state index is 11.7. The van der Waals surface area contributed by atoms with E-state index in [0.717, 1.165) is 13.1 Å². The summed E-state index contributed by atoms with van der Waals surface area (Å²) in [5, 5.41) is 18.0. The van der Waals surface area contributed by atoms with Crippen molar-refractivity contribution in [1.82, 2.24) is 9.97 Å². The van der Waals surface area contributed by atoms with Crippen molar-refractivity contribution < 1.29 is 19.6 Å². The fourth-order valence-electron chi connectivity index (χ4n) is 2.91. The second-order valence-corrected chi connectivity index (χ2v) is 5.20.